The molecule has 0 aliphatic rings. The van der Waals surface area contributed by atoms with Gasteiger partial charge in [-0.3, -0.25) is 4.79 Å². The molecule has 0 radical (unpaired) electrons. The third-order valence-corrected chi connectivity index (χ3v) is 6.74. The van der Waals surface area contributed by atoms with Crippen LogP contribution < -0.4 is 10.1 Å². The number of rotatable bonds is 9. The monoisotopic (exact) mass is 490 g/mol. The molecule has 12 heteroatoms. The van der Waals surface area contributed by atoms with Crippen molar-refractivity contribution >= 4 is 45.9 Å². The second kappa shape index (κ2) is 11.0. The summed E-state index contributed by atoms with van der Waals surface area (Å²) in [5.41, 5.74) is 0.512. The fraction of sp³-hybridized carbons (Fsp3) is 0.286. The van der Waals surface area contributed by atoms with Gasteiger partial charge in [-0.25, -0.2) is 9.59 Å². The third kappa shape index (κ3) is 5.71. The van der Waals surface area contributed by atoms with Crippen molar-refractivity contribution in [3.8, 4) is 5.75 Å². The second-order valence-corrected chi connectivity index (χ2v) is 8.60. The lowest BCUT2D eigenvalue weighted by molar-refractivity contribution is -0.113. The van der Waals surface area contributed by atoms with Crippen molar-refractivity contribution in [3.63, 3.8) is 0 Å². The number of carbonyl (C=O) groups is 3. The van der Waals surface area contributed by atoms with Crippen LogP contribution in [0.15, 0.2) is 35.5 Å². The van der Waals surface area contributed by atoms with E-state index in [1.54, 1.807) is 18.5 Å². The molecule has 0 aliphatic carbocycles. The summed E-state index contributed by atoms with van der Waals surface area (Å²) in [5.74, 6) is -0.302. The third-order valence-electron chi connectivity index (χ3n) is 4.53. The number of hydrogen-bond donors (Lipinski definition) is 1. The molecule has 0 bridgehead atoms. The number of nitrogens with one attached hydrogen (secondary N) is 1. The summed E-state index contributed by atoms with van der Waals surface area (Å²) in [5, 5.41) is 11.6. The molecule has 0 spiro atoms. The number of ether oxygens (including phenoxy) is 3. The molecule has 2 aromatic heterocycles. The van der Waals surface area contributed by atoms with Gasteiger partial charge in [0.2, 0.25) is 5.91 Å². The Balaban J connectivity index is 1.64. The molecule has 3 rings (SSSR count). The van der Waals surface area contributed by atoms with Gasteiger partial charge in [0.15, 0.2) is 11.0 Å². The summed E-state index contributed by atoms with van der Waals surface area (Å²) in [6.07, 6.45) is 0. The van der Waals surface area contributed by atoms with E-state index in [-0.39, 0.29) is 33.7 Å². The van der Waals surface area contributed by atoms with E-state index in [0.29, 0.717) is 22.3 Å². The van der Waals surface area contributed by atoms with Crippen molar-refractivity contribution in [2.45, 2.75) is 18.7 Å². The van der Waals surface area contributed by atoms with Gasteiger partial charge in [-0.1, -0.05) is 30.0 Å². The molecule has 10 nitrogen and oxygen atoms in total. The van der Waals surface area contributed by atoms with E-state index in [0.717, 1.165) is 11.3 Å². The van der Waals surface area contributed by atoms with Crippen LogP contribution in [0.1, 0.15) is 31.4 Å². The zero-order valence-corrected chi connectivity index (χ0v) is 20.0. The molecule has 174 valence electrons. The topological polar surface area (TPSA) is 122 Å². The molecule has 0 unspecified atom stereocenters. The van der Waals surface area contributed by atoms with Crippen LogP contribution in [0.5, 0.6) is 5.75 Å². The van der Waals surface area contributed by atoms with Crippen molar-refractivity contribution in [2.24, 2.45) is 7.05 Å². The van der Waals surface area contributed by atoms with Gasteiger partial charge in [-0.15, -0.1) is 21.5 Å². The lowest BCUT2D eigenvalue weighted by Crippen LogP contribution is -2.16. The Kier molecular flexibility index (Phi) is 8.06. The van der Waals surface area contributed by atoms with E-state index in [1.807, 2.05) is 30.3 Å². The Morgan fingerprint density at radius 3 is 2.45 bits per heavy atom. The van der Waals surface area contributed by atoms with Gasteiger partial charge >= 0.3 is 11.9 Å². The van der Waals surface area contributed by atoms with Gasteiger partial charge in [0, 0.05) is 7.05 Å². The van der Waals surface area contributed by atoms with E-state index >= 15 is 0 Å². The molecule has 0 saturated heterocycles. The minimum absolute atomic E-state index is 0.0105. The van der Waals surface area contributed by atoms with Crippen LogP contribution in [0.3, 0.4) is 0 Å². The molecular formula is C21H22N4O6S2. The Hall–Kier alpha value is -3.38. The van der Waals surface area contributed by atoms with E-state index < -0.39 is 11.9 Å². The molecule has 3 aromatic rings. The van der Waals surface area contributed by atoms with Crippen molar-refractivity contribution in [1.82, 2.24) is 14.8 Å². The highest BCUT2D eigenvalue weighted by Crippen LogP contribution is 2.34. The minimum atomic E-state index is -0.654. The Morgan fingerprint density at radius 2 is 1.79 bits per heavy atom. The fourth-order valence-electron chi connectivity index (χ4n) is 2.79. The van der Waals surface area contributed by atoms with Crippen LogP contribution in [-0.4, -0.2) is 52.6 Å². The first-order chi connectivity index (χ1) is 15.8. The molecule has 33 heavy (non-hydrogen) atoms. The van der Waals surface area contributed by atoms with Crippen molar-refractivity contribution in [1.29, 1.82) is 0 Å². The van der Waals surface area contributed by atoms with Crippen molar-refractivity contribution in [2.75, 3.05) is 25.3 Å². The van der Waals surface area contributed by atoms with Gasteiger partial charge < -0.3 is 24.1 Å². The van der Waals surface area contributed by atoms with Crippen molar-refractivity contribution < 1.29 is 28.6 Å². The SMILES string of the molecule is COC(=O)c1sc(NC(=O)CSc2nnc(COc3ccccc3)n2C)c(C(=O)OC)c1C. The number of aromatic nitrogens is 3. The fourth-order valence-corrected chi connectivity index (χ4v) is 4.65. The average molecular weight is 491 g/mol. The Morgan fingerprint density at radius 1 is 1.09 bits per heavy atom. The number of thioether (sulfide) groups is 1. The molecule has 0 aliphatic heterocycles. The van der Waals surface area contributed by atoms with E-state index in [4.69, 9.17) is 14.2 Å². The highest BCUT2D eigenvalue weighted by Gasteiger charge is 2.27. The molecule has 1 N–H and O–H groups in total. The predicted molar refractivity (Wildman–Crippen MR) is 123 cm³/mol. The number of carbonyl (C=O) groups excluding carboxylic acids is 3. The van der Waals surface area contributed by atoms with Crippen LogP contribution in [0.2, 0.25) is 0 Å². The van der Waals surface area contributed by atoms with Gasteiger partial charge in [0.25, 0.3) is 0 Å². The summed E-state index contributed by atoms with van der Waals surface area (Å²) in [6, 6.07) is 9.34. The zero-order valence-electron chi connectivity index (χ0n) is 18.4. The maximum absolute atomic E-state index is 12.6. The van der Waals surface area contributed by atoms with Crippen LogP contribution >= 0.6 is 23.1 Å². The lowest BCUT2D eigenvalue weighted by Gasteiger charge is -2.07. The number of thiophene rings is 1. The molecule has 0 fully saturated rings. The van der Waals surface area contributed by atoms with E-state index in [1.165, 1.54) is 26.0 Å². The predicted octanol–water partition coefficient (Wildman–Crippen LogP) is 3.07. The van der Waals surface area contributed by atoms with Gasteiger partial charge in [-0.05, 0) is 24.6 Å². The first-order valence-electron chi connectivity index (χ1n) is 9.64. The molecule has 0 saturated carbocycles. The number of methoxy groups -OCH3 is 2. The van der Waals surface area contributed by atoms with Crippen LogP contribution in [0, 0.1) is 6.92 Å². The lowest BCUT2D eigenvalue weighted by atomic mass is 10.1. The molecular weight excluding hydrogens is 468 g/mol. The largest absolute Gasteiger partial charge is 0.486 e. The van der Waals surface area contributed by atoms with Gasteiger partial charge in [0.1, 0.15) is 22.2 Å². The first kappa shape index (κ1) is 24.3. The highest BCUT2D eigenvalue weighted by molar-refractivity contribution is 7.99. The van der Waals surface area contributed by atoms with Crippen LogP contribution in [0.25, 0.3) is 0 Å². The normalized spacial score (nSPS) is 10.5. The number of benzene rings is 1. The van der Waals surface area contributed by atoms with E-state index in [9.17, 15) is 14.4 Å². The number of nitrogens with zero attached hydrogens (tertiary/aromatic N) is 3. The quantitative estimate of drug-likeness (QED) is 0.356. The molecule has 0 atom stereocenters. The van der Waals surface area contributed by atoms with Gasteiger partial charge in [-0.2, -0.15) is 0 Å². The van der Waals surface area contributed by atoms with Crippen molar-refractivity contribution in [3.05, 3.63) is 52.2 Å². The number of amides is 1. The average Bonchev–Trinajstić information content (AvgIpc) is 3.34. The van der Waals surface area contributed by atoms with Gasteiger partial charge in [0.05, 0.1) is 25.5 Å². The molecule has 1 aromatic carbocycles. The number of hydrogen-bond acceptors (Lipinski definition) is 10. The maximum Gasteiger partial charge on any atom is 0.348 e. The molecule has 2 heterocycles. The standard InChI is InChI=1S/C21H22N4O6S2/c1-12-16(19(27)29-3)18(33-17(12)20(28)30-4)22-15(26)11-32-21-24-23-14(25(21)2)10-31-13-8-6-5-7-9-13/h5-9H,10-11H2,1-4H3,(H,22,26). The first-order valence-corrected chi connectivity index (χ1v) is 11.4. The minimum Gasteiger partial charge on any atom is -0.486 e. The summed E-state index contributed by atoms with van der Waals surface area (Å²) in [7, 11) is 4.25. The van der Waals surface area contributed by atoms with Crippen LogP contribution in [-0.2, 0) is 27.9 Å². The summed E-state index contributed by atoms with van der Waals surface area (Å²) < 4.78 is 17.0. The number of anilines is 1. The van der Waals surface area contributed by atoms with E-state index in [2.05, 4.69) is 15.5 Å². The molecule has 1 amide bonds. The van der Waals surface area contributed by atoms with Crippen LogP contribution in [0.4, 0.5) is 5.00 Å². The number of esters is 2. The highest BCUT2D eigenvalue weighted by atomic mass is 32.2. The number of para-hydroxylation sites is 1. The summed E-state index contributed by atoms with van der Waals surface area (Å²) in [4.78, 5) is 37.0. The Bertz CT molecular complexity index is 1160. The summed E-state index contributed by atoms with van der Waals surface area (Å²) in [6.45, 7) is 1.82. The second-order valence-electron chi connectivity index (χ2n) is 6.64. The summed E-state index contributed by atoms with van der Waals surface area (Å²) >= 11 is 2.14. The zero-order chi connectivity index (χ0) is 24.0. The Labute approximate surface area is 198 Å². The maximum atomic E-state index is 12.6. The smallest absolute Gasteiger partial charge is 0.348 e.